The van der Waals surface area contributed by atoms with E-state index in [1.54, 1.807) is 18.4 Å². The molecule has 1 aromatic heterocycles. The Hall–Kier alpha value is -0.870. The van der Waals surface area contributed by atoms with Crippen molar-refractivity contribution in [3.63, 3.8) is 0 Å². The highest BCUT2D eigenvalue weighted by Crippen LogP contribution is 2.27. The molecule has 14 heavy (non-hydrogen) atoms. The lowest BCUT2D eigenvalue weighted by atomic mass is 10.1. The molecule has 0 saturated carbocycles. The van der Waals surface area contributed by atoms with Gasteiger partial charge < -0.3 is 10.2 Å². The van der Waals surface area contributed by atoms with E-state index in [2.05, 4.69) is 17.3 Å². The first-order chi connectivity index (χ1) is 6.70. The fraction of sp³-hybridized carbons (Fsp3) is 0.500. The van der Waals surface area contributed by atoms with Crippen LogP contribution in [0.1, 0.15) is 20.1 Å². The van der Waals surface area contributed by atoms with E-state index in [1.807, 2.05) is 6.07 Å². The summed E-state index contributed by atoms with van der Waals surface area (Å²) in [6.45, 7) is 2.08. The summed E-state index contributed by atoms with van der Waals surface area (Å²) in [5.41, 5.74) is 1.35. The maximum absolute atomic E-state index is 11.4. The number of nitrogens with one attached hydrogen (secondary N) is 1. The fourth-order valence-electron chi connectivity index (χ4n) is 1.68. The van der Waals surface area contributed by atoms with Crippen LogP contribution in [0, 0.1) is 0 Å². The molecule has 0 fully saturated rings. The maximum Gasteiger partial charge on any atom is 0.261 e. The third-order valence-corrected chi connectivity index (χ3v) is 3.68. The van der Waals surface area contributed by atoms with E-state index in [0.29, 0.717) is 0 Å². The van der Waals surface area contributed by atoms with Crippen LogP contribution in [0.15, 0.2) is 6.07 Å². The van der Waals surface area contributed by atoms with Gasteiger partial charge in [-0.05, 0) is 25.1 Å². The molecule has 0 saturated heterocycles. The molecule has 76 valence electrons. The van der Waals surface area contributed by atoms with E-state index < -0.39 is 0 Å². The molecule has 0 atom stereocenters. The van der Waals surface area contributed by atoms with Crippen molar-refractivity contribution in [2.24, 2.45) is 0 Å². The molecule has 1 aromatic rings. The van der Waals surface area contributed by atoms with Gasteiger partial charge in [-0.3, -0.25) is 4.79 Å². The Morgan fingerprint density at radius 3 is 3.14 bits per heavy atom. The molecule has 0 unspecified atom stereocenters. The second kappa shape index (κ2) is 3.71. The Kier molecular flexibility index (Phi) is 2.56. The number of thiophene rings is 1. The van der Waals surface area contributed by atoms with Crippen LogP contribution in [0.2, 0.25) is 0 Å². The van der Waals surface area contributed by atoms with Crippen LogP contribution >= 0.6 is 11.3 Å². The molecular weight excluding hydrogens is 196 g/mol. The molecule has 2 heterocycles. The van der Waals surface area contributed by atoms with Crippen molar-refractivity contribution < 1.29 is 4.79 Å². The van der Waals surface area contributed by atoms with Crippen molar-refractivity contribution in [2.45, 2.75) is 13.0 Å². The van der Waals surface area contributed by atoms with Gasteiger partial charge in [0.25, 0.3) is 5.91 Å². The van der Waals surface area contributed by atoms with E-state index >= 15 is 0 Å². The van der Waals surface area contributed by atoms with E-state index in [0.717, 1.165) is 24.4 Å². The highest BCUT2D eigenvalue weighted by molar-refractivity contribution is 7.14. The van der Waals surface area contributed by atoms with Crippen LogP contribution < -0.4 is 5.32 Å². The molecule has 2 rings (SSSR count). The van der Waals surface area contributed by atoms with Gasteiger partial charge in [-0.15, -0.1) is 11.3 Å². The maximum atomic E-state index is 11.4. The summed E-state index contributed by atoms with van der Waals surface area (Å²) in [6, 6.07) is 2.03. The second-order valence-corrected chi connectivity index (χ2v) is 4.76. The Bertz CT molecular complexity index is 359. The molecule has 0 aliphatic carbocycles. The minimum atomic E-state index is 0.0343. The molecule has 1 aliphatic heterocycles. The van der Waals surface area contributed by atoms with Crippen molar-refractivity contribution >= 4 is 17.2 Å². The van der Waals surface area contributed by atoms with Crippen LogP contribution in [-0.2, 0) is 13.0 Å². The number of likely N-dealkylation sites (N-methyl/N-ethyl adjacent to an activating group) is 1. The van der Waals surface area contributed by atoms with Crippen LogP contribution in [-0.4, -0.2) is 31.4 Å². The first kappa shape index (κ1) is 9.68. The number of carbonyl (C=O) groups excluding carboxylic acids is 1. The molecule has 1 N–H and O–H groups in total. The Morgan fingerprint density at radius 2 is 2.43 bits per heavy atom. The summed E-state index contributed by atoms with van der Waals surface area (Å²) in [6.07, 6.45) is 1.07. The fourth-order valence-corrected chi connectivity index (χ4v) is 2.92. The molecule has 0 radical (unpaired) electrons. The molecule has 4 heteroatoms. The predicted octanol–water partition coefficient (Wildman–Crippen LogP) is 1.10. The van der Waals surface area contributed by atoms with Gasteiger partial charge in [0.15, 0.2) is 0 Å². The van der Waals surface area contributed by atoms with Gasteiger partial charge in [-0.1, -0.05) is 0 Å². The Balaban J connectivity index is 2.27. The zero-order valence-corrected chi connectivity index (χ0v) is 9.28. The van der Waals surface area contributed by atoms with Gasteiger partial charge in [0.05, 0.1) is 4.88 Å². The van der Waals surface area contributed by atoms with Crippen molar-refractivity contribution in [1.82, 2.24) is 10.2 Å². The van der Waals surface area contributed by atoms with Gasteiger partial charge in [0.2, 0.25) is 0 Å². The third-order valence-electron chi connectivity index (χ3n) is 2.52. The van der Waals surface area contributed by atoms with Crippen LogP contribution in [0.3, 0.4) is 0 Å². The number of hydrogen-bond donors (Lipinski definition) is 1. The monoisotopic (exact) mass is 210 g/mol. The number of carbonyl (C=O) groups is 1. The first-order valence-electron chi connectivity index (χ1n) is 4.73. The van der Waals surface area contributed by atoms with Crippen molar-refractivity contribution in [1.29, 1.82) is 0 Å². The summed E-state index contributed by atoms with van der Waals surface area (Å²) in [7, 11) is 3.79. The molecule has 0 aromatic carbocycles. The number of fused-ring (bicyclic) bond motifs is 1. The van der Waals surface area contributed by atoms with E-state index in [4.69, 9.17) is 0 Å². The average molecular weight is 210 g/mol. The molecular formula is C10H14N2OS. The molecule has 0 spiro atoms. The van der Waals surface area contributed by atoms with Crippen LogP contribution in [0.5, 0.6) is 0 Å². The SMILES string of the molecule is CNC(=O)c1cc2c(s1)CN(C)CC2. The normalized spacial score (nSPS) is 16.4. The zero-order chi connectivity index (χ0) is 10.1. The zero-order valence-electron chi connectivity index (χ0n) is 8.46. The van der Waals surface area contributed by atoms with Gasteiger partial charge in [-0.2, -0.15) is 0 Å². The topological polar surface area (TPSA) is 32.3 Å². The predicted molar refractivity (Wildman–Crippen MR) is 57.7 cm³/mol. The van der Waals surface area contributed by atoms with E-state index in [-0.39, 0.29) is 5.91 Å². The van der Waals surface area contributed by atoms with Crippen LogP contribution in [0.4, 0.5) is 0 Å². The minimum absolute atomic E-state index is 0.0343. The van der Waals surface area contributed by atoms with Crippen molar-refractivity contribution in [3.8, 4) is 0 Å². The average Bonchev–Trinajstić information content (AvgIpc) is 2.59. The van der Waals surface area contributed by atoms with Gasteiger partial charge in [0.1, 0.15) is 0 Å². The smallest absolute Gasteiger partial charge is 0.261 e. The summed E-state index contributed by atoms with van der Waals surface area (Å²) in [5.74, 6) is 0.0343. The first-order valence-corrected chi connectivity index (χ1v) is 5.54. The molecule has 1 aliphatic rings. The van der Waals surface area contributed by atoms with Crippen molar-refractivity contribution in [3.05, 3.63) is 21.4 Å². The molecule has 1 amide bonds. The quantitative estimate of drug-likeness (QED) is 0.752. The van der Waals surface area contributed by atoms with E-state index in [1.165, 1.54) is 10.4 Å². The number of hydrogen-bond acceptors (Lipinski definition) is 3. The number of nitrogens with zero attached hydrogens (tertiary/aromatic N) is 1. The van der Waals surface area contributed by atoms with Crippen LogP contribution in [0.25, 0.3) is 0 Å². The summed E-state index contributed by atoms with van der Waals surface area (Å²) < 4.78 is 0. The highest BCUT2D eigenvalue weighted by atomic mass is 32.1. The molecule has 0 bridgehead atoms. The lowest BCUT2D eigenvalue weighted by Crippen LogP contribution is -2.24. The minimum Gasteiger partial charge on any atom is -0.354 e. The van der Waals surface area contributed by atoms with Gasteiger partial charge in [0, 0.05) is 25.0 Å². The number of amides is 1. The van der Waals surface area contributed by atoms with Gasteiger partial charge in [-0.25, -0.2) is 0 Å². The Morgan fingerprint density at radius 1 is 1.64 bits per heavy atom. The van der Waals surface area contributed by atoms with E-state index in [9.17, 15) is 4.79 Å². The summed E-state index contributed by atoms with van der Waals surface area (Å²) in [5, 5.41) is 2.66. The number of rotatable bonds is 1. The lowest BCUT2D eigenvalue weighted by Gasteiger charge is -2.21. The largest absolute Gasteiger partial charge is 0.354 e. The lowest BCUT2D eigenvalue weighted by molar-refractivity contribution is 0.0967. The highest BCUT2D eigenvalue weighted by Gasteiger charge is 2.18. The summed E-state index contributed by atoms with van der Waals surface area (Å²) >= 11 is 1.62. The van der Waals surface area contributed by atoms with Crippen molar-refractivity contribution in [2.75, 3.05) is 20.6 Å². The third kappa shape index (κ3) is 1.67. The standard InChI is InChI=1S/C10H14N2OS/c1-11-10(13)8-5-7-3-4-12(2)6-9(7)14-8/h5H,3-4,6H2,1-2H3,(H,11,13). The second-order valence-electron chi connectivity index (χ2n) is 3.63. The van der Waals surface area contributed by atoms with Gasteiger partial charge >= 0.3 is 0 Å². The Labute approximate surface area is 87.7 Å². The summed E-state index contributed by atoms with van der Waals surface area (Å²) in [4.78, 5) is 15.9. The molecule has 3 nitrogen and oxygen atoms in total.